The van der Waals surface area contributed by atoms with E-state index >= 15 is 0 Å². The maximum atomic E-state index is 12.0. The lowest BCUT2D eigenvalue weighted by molar-refractivity contribution is -0.0498. The molecule has 1 N–H and O–H groups in total. The predicted octanol–water partition coefficient (Wildman–Crippen LogP) is 3.69. The Bertz CT molecular complexity index is 332. The van der Waals surface area contributed by atoms with E-state index in [0.29, 0.717) is 0 Å². The highest BCUT2D eigenvalue weighted by Crippen LogP contribution is 2.19. The van der Waals surface area contributed by atoms with Crippen molar-refractivity contribution in [3.05, 3.63) is 29.8 Å². The van der Waals surface area contributed by atoms with Crippen LogP contribution in [0, 0.1) is 0 Å². The molecule has 0 aromatic heterocycles. The van der Waals surface area contributed by atoms with E-state index in [4.69, 9.17) is 0 Å². The second kappa shape index (κ2) is 8.32. The van der Waals surface area contributed by atoms with Crippen molar-refractivity contribution in [1.29, 1.82) is 0 Å². The van der Waals surface area contributed by atoms with Gasteiger partial charge in [-0.1, -0.05) is 12.1 Å². The molecule has 1 aromatic rings. The van der Waals surface area contributed by atoms with Crippen molar-refractivity contribution < 1.29 is 13.5 Å². The van der Waals surface area contributed by atoms with E-state index in [1.54, 1.807) is 12.1 Å². The molecule has 0 bridgehead atoms. The third kappa shape index (κ3) is 5.69. The number of thioether (sulfide) groups is 1. The highest BCUT2D eigenvalue weighted by Gasteiger charge is 2.07. The van der Waals surface area contributed by atoms with E-state index in [2.05, 4.69) is 23.2 Å². The molecule has 1 aromatic carbocycles. The molecule has 102 valence electrons. The molecule has 0 heterocycles. The fraction of sp³-hybridized carbons (Fsp3) is 0.538. The van der Waals surface area contributed by atoms with Crippen molar-refractivity contribution in [2.45, 2.75) is 26.0 Å². The minimum absolute atomic E-state index is 0.198. The second-order valence-electron chi connectivity index (χ2n) is 3.97. The molecule has 1 rings (SSSR count). The molecule has 0 fully saturated rings. The number of ether oxygens (including phenoxy) is 1. The molecule has 0 amide bonds. The van der Waals surface area contributed by atoms with Crippen LogP contribution in [0.5, 0.6) is 5.75 Å². The van der Waals surface area contributed by atoms with E-state index < -0.39 is 6.61 Å². The molecular weight excluding hydrogens is 256 g/mol. The molecule has 0 radical (unpaired) electrons. The molecule has 1 unspecified atom stereocenters. The first-order valence-electron chi connectivity index (χ1n) is 5.90. The molecule has 0 aliphatic carbocycles. The Morgan fingerprint density at radius 3 is 2.50 bits per heavy atom. The average Bonchev–Trinajstić information content (AvgIpc) is 2.34. The van der Waals surface area contributed by atoms with Gasteiger partial charge in [0.2, 0.25) is 0 Å². The summed E-state index contributed by atoms with van der Waals surface area (Å²) in [7, 11) is 0. The summed E-state index contributed by atoms with van der Waals surface area (Å²) < 4.78 is 28.3. The summed E-state index contributed by atoms with van der Waals surface area (Å²) in [6.45, 7) is 0.247. The predicted molar refractivity (Wildman–Crippen MR) is 72.5 cm³/mol. The quantitative estimate of drug-likeness (QED) is 0.731. The van der Waals surface area contributed by atoms with Crippen LogP contribution in [0.15, 0.2) is 24.3 Å². The van der Waals surface area contributed by atoms with Gasteiger partial charge in [0.25, 0.3) is 0 Å². The van der Waals surface area contributed by atoms with Gasteiger partial charge in [0.1, 0.15) is 5.75 Å². The van der Waals surface area contributed by atoms with Gasteiger partial charge < -0.3 is 10.1 Å². The number of benzene rings is 1. The molecule has 2 nitrogen and oxygen atoms in total. The van der Waals surface area contributed by atoms with Crippen LogP contribution in [0.1, 0.15) is 24.9 Å². The fourth-order valence-corrected chi connectivity index (χ4v) is 2.02. The molecule has 0 saturated carbocycles. The van der Waals surface area contributed by atoms with Crippen molar-refractivity contribution in [2.75, 3.05) is 18.6 Å². The summed E-state index contributed by atoms with van der Waals surface area (Å²) >= 11 is 1.83. The molecule has 0 aliphatic heterocycles. The molecule has 18 heavy (non-hydrogen) atoms. The van der Waals surface area contributed by atoms with Crippen molar-refractivity contribution in [1.82, 2.24) is 5.32 Å². The lowest BCUT2D eigenvalue weighted by Crippen LogP contribution is -2.20. The third-order valence-corrected chi connectivity index (χ3v) is 3.28. The van der Waals surface area contributed by atoms with Crippen LogP contribution >= 0.6 is 11.8 Å². The zero-order chi connectivity index (χ0) is 13.4. The zero-order valence-corrected chi connectivity index (χ0v) is 11.5. The molecule has 0 aliphatic rings. The van der Waals surface area contributed by atoms with Crippen LogP contribution in [0.25, 0.3) is 0 Å². The molecule has 1 atom stereocenters. The zero-order valence-electron chi connectivity index (χ0n) is 10.7. The van der Waals surface area contributed by atoms with Gasteiger partial charge in [0.05, 0.1) is 0 Å². The summed E-state index contributed by atoms with van der Waals surface area (Å²) in [5.41, 5.74) is 1.07. The minimum atomic E-state index is -2.77. The number of rotatable bonds is 8. The van der Waals surface area contributed by atoms with Gasteiger partial charge in [-0.25, -0.2) is 0 Å². The Hall–Kier alpha value is -0.810. The lowest BCUT2D eigenvalue weighted by Gasteiger charge is -2.14. The fourth-order valence-electron chi connectivity index (χ4n) is 1.59. The first kappa shape index (κ1) is 15.2. The van der Waals surface area contributed by atoms with Crippen LogP contribution in [-0.4, -0.2) is 25.2 Å². The van der Waals surface area contributed by atoms with E-state index in [1.807, 2.05) is 23.9 Å². The molecule has 5 heteroatoms. The van der Waals surface area contributed by atoms with Gasteiger partial charge in [-0.15, -0.1) is 0 Å². The van der Waals surface area contributed by atoms with Gasteiger partial charge in [0.15, 0.2) is 0 Å². The SMILES string of the molecule is CSCCCNC(C)c1ccc(OC(F)F)cc1. The topological polar surface area (TPSA) is 21.3 Å². The largest absolute Gasteiger partial charge is 0.435 e. The number of hydrogen-bond donors (Lipinski definition) is 1. The van der Waals surface area contributed by atoms with Crippen LogP contribution in [0.3, 0.4) is 0 Å². The van der Waals surface area contributed by atoms with E-state index in [1.165, 1.54) is 0 Å². The van der Waals surface area contributed by atoms with Crippen LogP contribution < -0.4 is 10.1 Å². The first-order chi connectivity index (χ1) is 8.63. The average molecular weight is 275 g/mol. The normalized spacial score (nSPS) is 12.7. The van der Waals surface area contributed by atoms with Crippen molar-refractivity contribution in [2.24, 2.45) is 0 Å². The smallest absolute Gasteiger partial charge is 0.387 e. The Balaban J connectivity index is 2.41. The highest BCUT2D eigenvalue weighted by atomic mass is 32.2. The number of nitrogens with one attached hydrogen (secondary N) is 1. The molecule has 0 saturated heterocycles. The second-order valence-corrected chi connectivity index (χ2v) is 4.96. The van der Waals surface area contributed by atoms with Gasteiger partial charge in [0, 0.05) is 6.04 Å². The van der Waals surface area contributed by atoms with Crippen LogP contribution in [-0.2, 0) is 0 Å². The van der Waals surface area contributed by atoms with Crippen molar-refractivity contribution in [3.63, 3.8) is 0 Å². The van der Waals surface area contributed by atoms with Crippen LogP contribution in [0.4, 0.5) is 8.78 Å². The van der Waals surface area contributed by atoms with Gasteiger partial charge in [-0.05, 0) is 49.6 Å². The van der Waals surface area contributed by atoms with Crippen molar-refractivity contribution >= 4 is 11.8 Å². The summed E-state index contributed by atoms with van der Waals surface area (Å²) in [4.78, 5) is 0. The minimum Gasteiger partial charge on any atom is -0.435 e. The standard InChI is InChI=1S/C13H19F2NOS/c1-10(16-8-3-9-18-2)11-4-6-12(7-5-11)17-13(14)15/h4-7,10,13,16H,3,8-9H2,1-2H3. The summed E-state index contributed by atoms with van der Waals surface area (Å²) in [6, 6.07) is 6.98. The Morgan fingerprint density at radius 1 is 1.28 bits per heavy atom. The van der Waals surface area contributed by atoms with E-state index in [0.717, 1.165) is 24.3 Å². The van der Waals surface area contributed by atoms with Crippen molar-refractivity contribution in [3.8, 4) is 5.75 Å². The van der Waals surface area contributed by atoms with Gasteiger partial charge in [-0.3, -0.25) is 0 Å². The monoisotopic (exact) mass is 275 g/mol. The maximum Gasteiger partial charge on any atom is 0.387 e. The Labute approximate surface area is 111 Å². The summed E-state index contributed by atoms with van der Waals surface area (Å²) in [5.74, 6) is 1.34. The number of hydrogen-bond acceptors (Lipinski definition) is 3. The van der Waals surface area contributed by atoms with Gasteiger partial charge in [-0.2, -0.15) is 20.5 Å². The third-order valence-electron chi connectivity index (χ3n) is 2.58. The molecule has 0 spiro atoms. The van der Waals surface area contributed by atoms with E-state index in [9.17, 15) is 8.78 Å². The number of halogens is 2. The first-order valence-corrected chi connectivity index (χ1v) is 7.30. The Morgan fingerprint density at radius 2 is 1.94 bits per heavy atom. The lowest BCUT2D eigenvalue weighted by atomic mass is 10.1. The van der Waals surface area contributed by atoms with Crippen LogP contribution in [0.2, 0.25) is 0 Å². The van der Waals surface area contributed by atoms with Gasteiger partial charge >= 0.3 is 6.61 Å². The summed E-state index contributed by atoms with van der Waals surface area (Å²) in [6.07, 6.45) is 3.21. The molecular formula is C13H19F2NOS. The maximum absolute atomic E-state index is 12.0. The Kier molecular flexibility index (Phi) is 7.05. The number of alkyl halides is 2. The van der Waals surface area contributed by atoms with E-state index in [-0.39, 0.29) is 11.8 Å². The highest BCUT2D eigenvalue weighted by molar-refractivity contribution is 7.98. The summed E-state index contributed by atoms with van der Waals surface area (Å²) in [5, 5.41) is 3.39.